The first kappa shape index (κ1) is 12.4. The Hall–Kier alpha value is 0.310. The molecule has 0 aromatic rings. The van der Waals surface area contributed by atoms with Crippen LogP contribution >= 0.6 is 11.8 Å². The van der Waals surface area contributed by atoms with Gasteiger partial charge < -0.3 is 5.32 Å². The molecule has 0 aromatic heterocycles. The third-order valence-corrected chi connectivity index (χ3v) is 4.52. The maximum atomic E-state index is 3.64. The van der Waals surface area contributed by atoms with Gasteiger partial charge >= 0.3 is 0 Å². The summed E-state index contributed by atoms with van der Waals surface area (Å²) in [5.74, 6) is 1.36. The summed E-state index contributed by atoms with van der Waals surface area (Å²) in [6.07, 6.45) is 8.45. The molecule has 2 heteroatoms. The highest BCUT2D eigenvalue weighted by atomic mass is 32.2. The molecule has 0 saturated heterocycles. The standard InChI is InChI=1S/C12H25NS/c1-3-5-10-14-12-9-7-6-8-11(12)13-4-2/h11-13H,3-10H2,1-2H3. The molecule has 0 heterocycles. The van der Waals surface area contributed by atoms with Crippen molar-refractivity contribution < 1.29 is 0 Å². The van der Waals surface area contributed by atoms with Gasteiger partial charge in [0.25, 0.3) is 0 Å². The highest BCUT2D eigenvalue weighted by Gasteiger charge is 2.23. The van der Waals surface area contributed by atoms with Crippen LogP contribution in [0.3, 0.4) is 0 Å². The number of unbranched alkanes of at least 4 members (excludes halogenated alkanes) is 1. The zero-order chi connectivity index (χ0) is 10.2. The zero-order valence-electron chi connectivity index (χ0n) is 9.72. The first-order valence-electron chi connectivity index (χ1n) is 6.23. The third-order valence-electron chi connectivity index (χ3n) is 3.00. The van der Waals surface area contributed by atoms with Gasteiger partial charge in [-0.25, -0.2) is 0 Å². The van der Waals surface area contributed by atoms with E-state index in [2.05, 4.69) is 30.9 Å². The fraction of sp³-hybridized carbons (Fsp3) is 1.00. The van der Waals surface area contributed by atoms with E-state index in [1.54, 1.807) is 0 Å². The fourth-order valence-electron chi connectivity index (χ4n) is 2.17. The molecule has 0 aromatic carbocycles. The SMILES string of the molecule is CCCCSC1CCCCC1NCC. The molecule has 1 nitrogen and oxygen atoms in total. The highest BCUT2D eigenvalue weighted by Crippen LogP contribution is 2.29. The van der Waals surface area contributed by atoms with Crippen LogP contribution in [0.2, 0.25) is 0 Å². The topological polar surface area (TPSA) is 12.0 Å². The van der Waals surface area contributed by atoms with Crippen LogP contribution in [0.5, 0.6) is 0 Å². The van der Waals surface area contributed by atoms with E-state index in [1.165, 1.54) is 44.3 Å². The first-order valence-corrected chi connectivity index (χ1v) is 7.28. The van der Waals surface area contributed by atoms with Gasteiger partial charge in [0.15, 0.2) is 0 Å². The van der Waals surface area contributed by atoms with Crippen molar-refractivity contribution in [3.63, 3.8) is 0 Å². The average Bonchev–Trinajstić information content (AvgIpc) is 2.21. The second-order valence-corrected chi connectivity index (χ2v) is 5.56. The van der Waals surface area contributed by atoms with Gasteiger partial charge in [-0.1, -0.05) is 33.1 Å². The summed E-state index contributed by atoms with van der Waals surface area (Å²) in [5.41, 5.74) is 0. The molecule has 0 amide bonds. The van der Waals surface area contributed by atoms with Crippen LogP contribution in [0.15, 0.2) is 0 Å². The second-order valence-electron chi connectivity index (χ2n) is 4.21. The molecular weight excluding hydrogens is 190 g/mol. The predicted molar refractivity (Wildman–Crippen MR) is 67.1 cm³/mol. The Morgan fingerprint density at radius 1 is 1.21 bits per heavy atom. The van der Waals surface area contributed by atoms with E-state index in [-0.39, 0.29) is 0 Å². The molecule has 84 valence electrons. The maximum Gasteiger partial charge on any atom is 0.0201 e. The predicted octanol–water partition coefficient (Wildman–Crippen LogP) is 3.44. The van der Waals surface area contributed by atoms with Crippen molar-refractivity contribution in [3.8, 4) is 0 Å². The minimum atomic E-state index is 0.801. The minimum Gasteiger partial charge on any atom is -0.313 e. The Balaban J connectivity index is 2.22. The fourth-order valence-corrected chi connectivity index (χ4v) is 3.73. The number of thioether (sulfide) groups is 1. The van der Waals surface area contributed by atoms with E-state index in [0.717, 1.165) is 17.8 Å². The molecule has 0 spiro atoms. The Kier molecular flexibility index (Phi) is 6.70. The Morgan fingerprint density at radius 3 is 2.71 bits per heavy atom. The molecule has 1 aliphatic carbocycles. The Labute approximate surface area is 93.4 Å². The Bertz CT molecular complexity index is 136. The third kappa shape index (κ3) is 4.22. The molecule has 0 aliphatic heterocycles. The van der Waals surface area contributed by atoms with Gasteiger partial charge in [0.1, 0.15) is 0 Å². The van der Waals surface area contributed by atoms with Crippen LogP contribution in [0, 0.1) is 0 Å². The lowest BCUT2D eigenvalue weighted by atomic mass is 9.95. The summed E-state index contributed by atoms with van der Waals surface area (Å²) in [7, 11) is 0. The van der Waals surface area contributed by atoms with Crippen molar-refractivity contribution in [2.75, 3.05) is 12.3 Å². The van der Waals surface area contributed by atoms with Crippen molar-refractivity contribution in [1.82, 2.24) is 5.32 Å². The van der Waals surface area contributed by atoms with Gasteiger partial charge in [-0.2, -0.15) is 11.8 Å². The van der Waals surface area contributed by atoms with Crippen LogP contribution in [0.25, 0.3) is 0 Å². The van der Waals surface area contributed by atoms with Crippen LogP contribution in [-0.4, -0.2) is 23.6 Å². The summed E-state index contributed by atoms with van der Waals surface area (Å²) >= 11 is 2.21. The Morgan fingerprint density at radius 2 is 2.00 bits per heavy atom. The molecular formula is C12H25NS. The molecule has 14 heavy (non-hydrogen) atoms. The molecule has 1 rings (SSSR count). The molecule has 1 saturated carbocycles. The summed E-state index contributed by atoms with van der Waals surface area (Å²) in [5, 5.41) is 4.54. The molecule has 1 aliphatic rings. The van der Waals surface area contributed by atoms with Crippen molar-refractivity contribution in [2.24, 2.45) is 0 Å². The van der Waals surface area contributed by atoms with Gasteiger partial charge in [-0.15, -0.1) is 0 Å². The molecule has 1 N–H and O–H groups in total. The number of rotatable bonds is 6. The van der Waals surface area contributed by atoms with Crippen LogP contribution < -0.4 is 5.32 Å². The lowest BCUT2D eigenvalue weighted by molar-refractivity contribution is 0.390. The molecule has 2 atom stereocenters. The lowest BCUT2D eigenvalue weighted by Gasteiger charge is -2.31. The van der Waals surface area contributed by atoms with Crippen molar-refractivity contribution in [3.05, 3.63) is 0 Å². The van der Waals surface area contributed by atoms with E-state index in [9.17, 15) is 0 Å². The van der Waals surface area contributed by atoms with Crippen molar-refractivity contribution in [2.45, 2.75) is 63.7 Å². The van der Waals surface area contributed by atoms with Crippen LogP contribution in [0.4, 0.5) is 0 Å². The van der Waals surface area contributed by atoms with E-state index < -0.39 is 0 Å². The molecule has 0 radical (unpaired) electrons. The lowest BCUT2D eigenvalue weighted by Crippen LogP contribution is -2.40. The van der Waals surface area contributed by atoms with Crippen molar-refractivity contribution in [1.29, 1.82) is 0 Å². The summed E-state index contributed by atoms with van der Waals surface area (Å²) in [4.78, 5) is 0. The van der Waals surface area contributed by atoms with Gasteiger partial charge in [0.2, 0.25) is 0 Å². The quantitative estimate of drug-likeness (QED) is 0.681. The number of hydrogen-bond donors (Lipinski definition) is 1. The monoisotopic (exact) mass is 215 g/mol. The van der Waals surface area contributed by atoms with Gasteiger partial charge in [0.05, 0.1) is 0 Å². The highest BCUT2D eigenvalue weighted by molar-refractivity contribution is 7.99. The first-order chi connectivity index (χ1) is 6.88. The van der Waals surface area contributed by atoms with Crippen LogP contribution in [0.1, 0.15) is 52.4 Å². The summed E-state index contributed by atoms with van der Waals surface area (Å²) in [6, 6.07) is 0.801. The molecule has 2 unspecified atom stereocenters. The normalized spacial score (nSPS) is 27.9. The van der Waals surface area contributed by atoms with Gasteiger partial charge in [-0.05, 0) is 31.6 Å². The van der Waals surface area contributed by atoms with E-state index in [0.29, 0.717) is 0 Å². The smallest absolute Gasteiger partial charge is 0.0201 e. The zero-order valence-corrected chi connectivity index (χ0v) is 10.5. The van der Waals surface area contributed by atoms with E-state index in [1.807, 2.05) is 0 Å². The average molecular weight is 215 g/mol. The van der Waals surface area contributed by atoms with Crippen molar-refractivity contribution >= 4 is 11.8 Å². The second kappa shape index (κ2) is 7.58. The van der Waals surface area contributed by atoms with Gasteiger partial charge in [-0.3, -0.25) is 0 Å². The van der Waals surface area contributed by atoms with E-state index in [4.69, 9.17) is 0 Å². The van der Waals surface area contributed by atoms with Gasteiger partial charge in [0, 0.05) is 11.3 Å². The number of nitrogens with one attached hydrogen (secondary N) is 1. The van der Waals surface area contributed by atoms with E-state index >= 15 is 0 Å². The molecule has 1 fully saturated rings. The summed E-state index contributed by atoms with van der Waals surface area (Å²) in [6.45, 7) is 5.64. The molecule has 0 bridgehead atoms. The minimum absolute atomic E-state index is 0.801. The number of hydrogen-bond acceptors (Lipinski definition) is 2. The largest absolute Gasteiger partial charge is 0.313 e. The van der Waals surface area contributed by atoms with Crippen LogP contribution in [-0.2, 0) is 0 Å². The summed E-state index contributed by atoms with van der Waals surface area (Å²) < 4.78 is 0. The maximum absolute atomic E-state index is 3.64.